The Hall–Kier alpha value is -6.93. The number of hydrogen-bond donors (Lipinski definition) is 3. The van der Waals surface area contributed by atoms with Gasteiger partial charge in [0.2, 0.25) is 5.91 Å². The molecule has 5 heterocycles. The Morgan fingerprint density at radius 3 is 1.90 bits per heavy atom. The number of pyridine rings is 1. The zero-order valence-electron chi connectivity index (χ0n) is 52.3. The highest BCUT2D eigenvalue weighted by Crippen LogP contribution is 2.52. The molecule has 2 radical (unpaired) electrons. The lowest BCUT2D eigenvalue weighted by atomic mass is 9.58. The molecule has 3 amide bonds. The fraction of sp³-hybridized carbons (Fsp3) is 0.530. The minimum atomic E-state index is -1.69. The first-order chi connectivity index (χ1) is 43.0. The molecular weight excluding hydrogens is 1140 g/mol. The number of imide groups is 1. The summed E-state index contributed by atoms with van der Waals surface area (Å²) < 4.78 is 54.8. The van der Waals surface area contributed by atoms with E-state index >= 15 is 0 Å². The second-order valence-corrected chi connectivity index (χ2v) is 21.7. The van der Waals surface area contributed by atoms with Crippen LogP contribution in [0.1, 0.15) is 85.9 Å². The number of aromatic nitrogens is 1. The molecule has 89 heavy (non-hydrogen) atoms. The van der Waals surface area contributed by atoms with Crippen molar-refractivity contribution in [2.45, 2.75) is 97.1 Å². The number of rotatable bonds is 42. The van der Waals surface area contributed by atoms with Crippen molar-refractivity contribution in [2.75, 3.05) is 132 Å². The molecule has 2 atom stereocenters. The van der Waals surface area contributed by atoms with Gasteiger partial charge in [-0.2, -0.15) is 0 Å². The number of ether oxygens (including phenoxy) is 10. The van der Waals surface area contributed by atoms with Gasteiger partial charge in [0.1, 0.15) is 13.2 Å². The van der Waals surface area contributed by atoms with E-state index in [9.17, 15) is 28.8 Å². The molecule has 0 aliphatic carbocycles. The van der Waals surface area contributed by atoms with E-state index in [0.29, 0.717) is 143 Å². The lowest BCUT2D eigenvalue weighted by molar-refractivity contribution is -0.153. The van der Waals surface area contributed by atoms with Crippen molar-refractivity contribution in [3.8, 4) is 0 Å². The lowest BCUT2D eigenvalue weighted by Gasteiger charge is -2.40. The van der Waals surface area contributed by atoms with E-state index in [-0.39, 0.29) is 50.3 Å². The average molecular weight is 1230 g/mol. The van der Waals surface area contributed by atoms with E-state index in [0.717, 1.165) is 80.8 Å². The molecule has 482 valence electrons. The SMILES string of the molecule is C=C(CCOCCOCCOCCOCCOCCOCCOCCOCCNC(=O)CCN1C(=O)C=CC1=O)N[C@@H](CCCCN)C(C)=O.[B][C@@]1(CC(=O)OCc2ccc(C)cc2)C(=O)OCC2=C1C=C1c3nc4ccc(C)cc4c(CC)c3CN1C2=C. The number of esters is 2. The largest absolute Gasteiger partial charge is 0.461 e. The number of cyclic esters (lactones) is 1. The smallest absolute Gasteiger partial charge is 0.308 e. The van der Waals surface area contributed by atoms with E-state index in [1.807, 2.05) is 43.3 Å². The molecule has 4 aliphatic heterocycles. The van der Waals surface area contributed by atoms with Crippen molar-refractivity contribution in [1.29, 1.82) is 0 Å². The summed E-state index contributed by atoms with van der Waals surface area (Å²) in [5.41, 5.74) is 16.5. The van der Waals surface area contributed by atoms with E-state index in [1.165, 1.54) is 23.3 Å². The normalized spacial score (nSPS) is 16.2. The van der Waals surface area contributed by atoms with Gasteiger partial charge >= 0.3 is 11.9 Å². The molecule has 0 bridgehead atoms. The number of aryl methyl sites for hydroxylation is 3. The minimum Gasteiger partial charge on any atom is -0.461 e. The number of ketones is 1. The number of unbranched alkanes of at least 4 members (excludes halogenated alkanes) is 1. The molecule has 23 heteroatoms. The predicted octanol–water partition coefficient (Wildman–Crippen LogP) is 5.54. The maximum atomic E-state index is 13.1. The lowest BCUT2D eigenvalue weighted by Crippen LogP contribution is -2.39. The number of nitrogens with zero attached hydrogens (tertiary/aromatic N) is 3. The van der Waals surface area contributed by atoms with Gasteiger partial charge < -0.3 is 68.6 Å². The number of hydrogen-bond acceptors (Lipinski definition) is 20. The van der Waals surface area contributed by atoms with Crippen LogP contribution in [0.15, 0.2) is 96.4 Å². The maximum Gasteiger partial charge on any atom is 0.308 e. The van der Waals surface area contributed by atoms with E-state index in [1.54, 1.807) is 6.92 Å². The molecular formula is C66H89BN6O16. The molecule has 0 saturated heterocycles. The Bertz CT molecular complexity index is 2970. The van der Waals surface area contributed by atoms with E-state index in [4.69, 9.17) is 65.9 Å². The Balaban J connectivity index is 0.000000290. The quantitative estimate of drug-likeness (QED) is 0.0272. The van der Waals surface area contributed by atoms with E-state index in [2.05, 4.69) is 54.7 Å². The fourth-order valence-electron chi connectivity index (χ4n) is 10.0. The van der Waals surface area contributed by atoms with Crippen LogP contribution >= 0.6 is 0 Å². The molecule has 0 unspecified atom stereocenters. The number of fused-ring (bicyclic) bond motifs is 4. The van der Waals surface area contributed by atoms with Crippen LogP contribution in [0.2, 0.25) is 5.31 Å². The molecule has 2 aromatic carbocycles. The number of nitrogens with one attached hydrogen (secondary N) is 2. The van der Waals surface area contributed by atoms with Gasteiger partial charge in [-0.25, -0.2) is 4.98 Å². The van der Waals surface area contributed by atoms with Crippen molar-refractivity contribution in [3.05, 3.63) is 130 Å². The van der Waals surface area contributed by atoms with Crippen molar-refractivity contribution in [2.24, 2.45) is 5.73 Å². The highest BCUT2D eigenvalue weighted by Gasteiger charge is 2.48. The van der Waals surface area contributed by atoms with Gasteiger partial charge in [0.25, 0.3) is 11.8 Å². The molecule has 3 aromatic rings. The van der Waals surface area contributed by atoms with Gasteiger partial charge in [0.05, 0.1) is 155 Å². The Morgan fingerprint density at radius 2 is 1.34 bits per heavy atom. The van der Waals surface area contributed by atoms with Crippen LogP contribution in [0, 0.1) is 13.8 Å². The van der Waals surface area contributed by atoms with Gasteiger partial charge in [-0.3, -0.25) is 33.7 Å². The molecule has 0 saturated carbocycles. The van der Waals surface area contributed by atoms with Crippen LogP contribution in [0.25, 0.3) is 16.6 Å². The van der Waals surface area contributed by atoms with Crippen LogP contribution in [0.3, 0.4) is 0 Å². The summed E-state index contributed by atoms with van der Waals surface area (Å²) in [6.07, 6.45) is 8.04. The first kappa shape index (κ1) is 71.2. The Kier molecular flexibility index (Phi) is 30.3. The summed E-state index contributed by atoms with van der Waals surface area (Å²) in [7, 11) is 6.72. The number of Topliss-reactive ketones (excluding diaryl/α,β-unsaturated/α-hetero) is 1. The summed E-state index contributed by atoms with van der Waals surface area (Å²) >= 11 is 0. The topological polar surface area (TPSA) is 264 Å². The zero-order chi connectivity index (χ0) is 64.0. The van der Waals surface area contributed by atoms with Gasteiger partial charge in [0.15, 0.2) is 5.78 Å². The Morgan fingerprint density at radius 1 is 0.775 bits per heavy atom. The van der Waals surface area contributed by atoms with Gasteiger partial charge in [0, 0.05) is 66.0 Å². The number of amides is 3. The number of allylic oxidation sites excluding steroid dienone is 1. The summed E-state index contributed by atoms with van der Waals surface area (Å²) in [5, 5.41) is 5.34. The summed E-state index contributed by atoms with van der Waals surface area (Å²) in [4.78, 5) is 80.7. The predicted molar refractivity (Wildman–Crippen MR) is 335 cm³/mol. The van der Waals surface area contributed by atoms with E-state index < -0.39 is 29.1 Å². The second kappa shape index (κ2) is 37.9. The van der Waals surface area contributed by atoms with Crippen LogP contribution < -0.4 is 16.4 Å². The van der Waals surface area contributed by atoms with Crippen LogP contribution in [-0.4, -0.2) is 196 Å². The molecule has 4 aliphatic rings. The molecule has 22 nitrogen and oxygen atoms in total. The average Bonchev–Trinajstić information content (AvgIpc) is 1.65. The van der Waals surface area contributed by atoms with Crippen molar-refractivity contribution in [3.63, 3.8) is 0 Å². The van der Waals surface area contributed by atoms with Crippen LogP contribution in [0.4, 0.5) is 0 Å². The number of nitrogens with two attached hydrogens (primary N) is 1. The first-order valence-electron chi connectivity index (χ1n) is 30.6. The van der Waals surface area contributed by atoms with Gasteiger partial charge in [-0.1, -0.05) is 61.5 Å². The minimum absolute atomic E-state index is 0.0500. The van der Waals surface area contributed by atoms with Gasteiger partial charge in [-0.05, 0) is 87.9 Å². The molecule has 7 rings (SSSR count). The second-order valence-electron chi connectivity index (χ2n) is 21.7. The number of carbonyl (C=O) groups is 6. The summed E-state index contributed by atoms with van der Waals surface area (Å²) in [6.45, 7) is 25.1. The monoisotopic (exact) mass is 1230 g/mol. The number of carbonyl (C=O) groups excluding carboxylic acids is 6. The van der Waals surface area contributed by atoms with Gasteiger partial charge in [-0.15, -0.1) is 0 Å². The number of benzene rings is 2. The third-order valence-electron chi connectivity index (χ3n) is 15.0. The Labute approximate surface area is 524 Å². The molecule has 0 fully saturated rings. The van der Waals surface area contributed by atoms with Crippen molar-refractivity contribution in [1.82, 2.24) is 25.4 Å². The molecule has 0 spiro atoms. The highest BCUT2D eigenvalue weighted by molar-refractivity contribution is 6.32. The van der Waals surface area contributed by atoms with Crippen molar-refractivity contribution >= 4 is 59.9 Å². The van der Waals surface area contributed by atoms with Crippen LogP contribution in [0.5, 0.6) is 0 Å². The molecule has 4 N–H and O–H groups in total. The third-order valence-corrected chi connectivity index (χ3v) is 15.0. The maximum absolute atomic E-state index is 13.1. The highest BCUT2D eigenvalue weighted by atomic mass is 16.6. The van der Waals surface area contributed by atoms with Crippen LogP contribution in [-0.2, 0) is 95.7 Å². The molecule has 1 aromatic heterocycles. The summed E-state index contributed by atoms with van der Waals surface area (Å²) in [6, 6.07) is 13.8. The van der Waals surface area contributed by atoms with Crippen molar-refractivity contribution < 1.29 is 76.1 Å². The zero-order valence-corrected chi connectivity index (χ0v) is 52.3. The third kappa shape index (κ3) is 22.5. The fourth-order valence-corrected chi connectivity index (χ4v) is 10.0. The first-order valence-corrected chi connectivity index (χ1v) is 30.6. The summed E-state index contributed by atoms with van der Waals surface area (Å²) in [5.74, 6) is -2.18. The standard InChI is InChI=1S/C34H60N4O12.C32H29BN2O4/c1-29(37-31(30(2)39)5-3-4-10-35)9-13-43-15-17-45-19-21-47-23-25-49-27-28-50-26-24-48-22-20-46-18-16-44-14-11-36-32(40)8-12-38-33(41)6-7-34(38)42;1-5-22-23-12-19(3)8-11-27(23)34-30-24(22)15-35-20(4)25-17-39-31(37)32(33,26(25)13-28(30)35)14-29(36)38-16-21-9-6-18(2)7-10-21/h6-7,31,37H,1,3-5,8-28,35H2,2H3,(H,36,40);6-13H,4-5,14-17H2,1-3H3/t31-;32-/m01/s1.